The molecule has 0 fully saturated rings. The fourth-order valence-electron chi connectivity index (χ4n) is 0. The van der Waals surface area contributed by atoms with Gasteiger partial charge in [-0.1, -0.05) is 0 Å². The van der Waals surface area contributed by atoms with E-state index >= 15 is 0 Å². The first-order valence-electron chi connectivity index (χ1n) is 0. The van der Waals surface area contributed by atoms with Crippen molar-refractivity contribution >= 4 is 417 Å². The van der Waals surface area contributed by atoms with E-state index in [4.69, 9.17) is 0 Å². The third-order valence-corrected chi connectivity index (χ3v) is 0. The van der Waals surface area contributed by atoms with E-state index in [1.165, 1.54) is 0 Å². The summed E-state index contributed by atoms with van der Waals surface area (Å²) in [5, 5.41) is 0. The van der Waals surface area contributed by atoms with Crippen molar-refractivity contribution in [1.82, 2.24) is 0 Å². The standard InChI is InChI=1S/7K.41H2O.H3P.2Te.10W/h;;;;;;;41*1H2;1H3;;;;;;;;;;;;. The molecule has 11 radical (unpaired) electrons. The molecule has 61 heteroatoms. The molecular weight excluding hydrogens is 3050 g/mol. The van der Waals surface area contributed by atoms with E-state index < -0.39 is 0 Å². The summed E-state index contributed by atoms with van der Waals surface area (Å²) in [4.78, 5) is 0. The van der Waals surface area contributed by atoms with Crippen LogP contribution in [0.4, 0.5) is 0 Å². The molecule has 0 saturated carbocycles. The second-order valence-electron chi connectivity index (χ2n) is 0. The van der Waals surface area contributed by atoms with E-state index in [9.17, 15) is 0 Å². The zero-order chi connectivity index (χ0) is 0. The van der Waals surface area contributed by atoms with Crippen molar-refractivity contribution in [1.29, 1.82) is 0 Å². The molecule has 0 aliphatic rings. The van der Waals surface area contributed by atoms with Crippen molar-refractivity contribution in [2.45, 2.75) is 0 Å². The molecule has 415 valence electrons. The molecule has 0 aromatic carbocycles. The van der Waals surface area contributed by atoms with Gasteiger partial charge >= 0.3 is 0 Å². The van der Waals surface area contributed by atoms with Gasteiger partial charge in [0.1, 0.15) is 0 Å². The Morgan fingerprint density at radius 3 is 0.0820 bits per heavy atom. The van der Waals surface area contributed by atoms with Crippen molar-refractivity contribution in [2.75, 3.05) is 0 Å². The Labute approximate surface area is 828 Å². The third-order valence-electron chi connectivity index (χ3n) is 0. The van der Waals surface area contributed by atoms with Crippen molar-refractivity contribution in [2.24, 2.45) is 0 Å². The van der Waals surface area contributed by atoms with Crippen LogP contribution < -0.4 is 0 Å². The van der Waals surface area contributed by atoms with Gasteiger partial charge in [-0.05, 0) is 0 Å². The molecule has 0 aliphatic carbocycles. The first kappa shape index (κ1) is 1410. The average molecular weight is 3140 g/mol. The summed E-state index contributed by atoms with van der Waals surface area (Å²) in [6.07, 6.45) is 0. The summed E-state index contributed by atoms with van der Waals surface area (Å²) in [6.45, 7) is 0. The Kier molecular flexibility index (Phi) is 31400. The van der Waals surface area contributed by atoms with Crippen LogP contribution in [0.1, 0.15) is 0 Å². The Morgan fingerprint density at radius 1 is 0.0820 bits per heavy atom. The van der Waals surface area contributed by atoms with Gasteiger partial charge in [0.15, 0.2) is 0 Å². The van der Waals surface area contributed by atoms with Gasteiger partial charge in [0.05, 0.1) is 0 Å². The van der Waals surface area contributed by atoms with E-state index in [0.717, 1.165) is 0 Å². The van der Waals surface area contributed by atoms with Crippen molar-refractivity contribution in [3.63, 3.8) is 0 Å². The van der Waals surface area contributed by atoms with E-state index in [1.54, 1.807) is 0 Å². The average Bonchev–Trinajstić information content (AvgIpc) is 0. The molecule has 61 heavy (non-hydrogen) atoms. The Morgan fingerprint density at radius 2 is 0.0820 bits per heavy atom. The molecule has 0 spiro atoms. The summed E-state index contributed by atoms with van der Waals surface area (Å²) >= 11 is 0. The molecule has 0 rings (SSSR count). The van der Waals surface area contributed by atoms with Crippen LogP contribution in [0.5, 0.6) is 0 Å². The van der Waals surface area contributed by atoms with Gasteiger partial charge < -0.3 is 225 Å². The minimum Gasteiger partial charge on any atom is -0.412 e. The van der Waals surface area contributed by atoms with Crippen LogP contribution in [0.25, 0.3) is 0 Å². The molecule has 0 saturated heterocycles. The monoisotopic (exact) mass is 3140 g/mol. The fourth-order valence-corrected chi connectivity index (χ4v) is 0. The summed E-state index contributed by atoms with van der Waals surface area (Å²) in [6, 6.07) is 0. The van der Waals surface area contributed by atoms with Gasteiger partial charge in [-0.2, -0.15) is 9.90 Å². The van der Waals surface area contributed by atoms with E-state index in [1.807, 2.05) is 0 Å². The maximum absolute atomic E-state index is 0. The molecule has 0 aliphatic heterocycles. The van der Waals surface area contributed by atoms with Crippen LogP contribution in [-0.4, -0.2) is 632 Å². The normalized spacial score (nSPS) is 0. The number of rotatable bonds is 0. The van der Waals surface area contributed by atoms with Crippen LogP contribution in [-0.2, 0) is 211 Å². The predicted octanol–water partition coefficient (Wildman–Crippen LogP) is -37.2. The van der Waals surface area contributed by atoms with Crippen molar-refractivity contribution in [3.8, 4) is 0 Å². The van der Waals surface area contributed by atoms with E-state index in [0.29, 0.717) is 0 Å². The zero-order valence-electron chi connectivity index (χ0n) is 33.1. The van der Waals surface area contributed by atoms with Gasteiger partial charge in [-0.3, -0.25) is 0 Å². The van der Waals surface area contributed by atoms with Gasteiger partial charge in [0, 0.05) is 618 Å². The zero-order valence-corrected chi connectivity index (χ0v) is 90.4. The third kappa shape index (κ3) is 1320. The maximum atomic E-state index is 0. The molecule has 0 bridgehead atoms. The molecule has 1 atom stereocenters. The molecule has 0 aromatic heterocycles. The van der Waals surface area contributed by atoms with Crippen LogP contribution in [0, 0.1) is 0 Å². The molecular formula is H85K7O41PTe2W10. The van der Waals surface area contributed by atoms with Crippen LogP contribution in [0.15, 0.2) is 0 Å². The largest absolute Gasteiger partial charge is 0.412 e. The van der Waals surface area contributed by atoms with Gasteiger partial charge in [-0.25, -0.2) is 0 Å². The first-order chi connectivity index (χ1) is 0. The summed E-state index contributed by atoms with van der Waals surface area (Å²) in [5.41, 5.74) is 0. The molecule has 82 N–H and O–H groups in total. The van der Waals surface area contributed by atoms with E-state index in [2.05, 4.69) is 0 Å². The topological polar surface area (TPSA) is 1290 Å². The van der Waals surface area contributed by atoms with Crippen LogP contribution in [0.3, 0.4) is 0 Å². The number of hydrogen-bond donors (Lipinski definition) is 0. The second kappa shape index (κ2) is 1360. The SMILES string of the molecule is O.O.O.O.O.O.O.O.O.O.O.O.O.O.O.O.O.O.O.O.O.O.O.O.O.O.O.O.O.O.O.O.O.O.O.O.O.O.O.O.O.P.[K].[K].[K].[K].[K].[K].[K].[Te].[Te].[W].[W].[W].[W].[W].[W].[W].[W].[W].[W]. The van der Waals surface area contributed by atoms with Crippen LogP contribution >= 0.6 is 9.90 Å². The minimum absolute atomic E-state index is 0. The maximum Gasteiger partial charge on any atom is 0 e. The Balaban J connectivity index is 0. The molecule has 41 nitrogen and oxygen atoms in total. The quantitative estimate of drug-likeness (QED) is 0.161. The minimum atomic E-state index is 0. The summed E-state index contributed by atoms with van der Waals surface area (Å²) in [5.74, 6) is 0. The van der Waals surface area contributed by atoms with E-state index in [-0.39, 0.29) is 852 Å². The van der Waals surface area contributed by atoms with Crippen molar-refractivity contribution < 1.29 is 435 Å². The summed E-state index contributed by atoms with van der Waals surface area (Å²) in [7, 11) is 0. The Bertz CT molecular complexity index is 87.2. The smallest absolute Gasteiger partial charge is 0 e. The second-order valence-corrected chi connectivity index (χ2v) is 0. The molecule has 0 heterocycles. The van der Waals surface area contributed by atoms with Crippen LogP contribution in [0.2, 0.25) is 0 Å². The molecule has 0 aromatic rings. The van der Waals surface area contributed by atoms with Gasteiger partial charge in [0.25, 0.3) is 0 Å². The van der Waals surface area contributed by atoms with Gasteiger partial charge in [0.2, 0.25) is 0 Å². The van der Waals surface area contributed by atoms with Crippen molar-refractivity contribution in [3.05, 3.63) is 0 Å². The predicted molar refractivity (Wildman–Crippen MR) is 211 cm³/mol. The molecule has 0 amide bonds. The Hall–Kier alpha value is 18.7. The molecule has 1 unspecified atom stereocenters. The first-order valence-corrected chi connectivity index (χ1v) is 0. The number of hydrogen-bond acceptors (Lipinski definition) is 0. The summed E-state index contributed by atoms with van der Waals surface area (Å²) < 4.78 is 0. The van der Waals surface area contributed by atoms with Gasteiger partial charge in [-0.15, -0.1) is 0 Å². The fraction of sp³-hybridized carbons (Fsp3) is 0.